The van der Waals surface area contributed by atoms with Crippen molar-refractivity contribution in [1.82, 2.24) is 19.9 Å². The number of aromatic amines is 1. The van der Waals surface area contributed by atoms with Crippen molar-refractivity contribution in [3.63, 3.8) is 0 Å². The summed E-state index contributed by atoms with van der Waals surface area (Å²) in [4.78, 5) is 32.1. The molecular formula is C21H19ClN4O2. The van der Waals surface area contributed by atoms with Crippen LogP contribution in [-0.2, 0) is 17.8 Å². The summed E-state index contributed by atoms with van der Waals surface area (Å²) in [7, 11) is 0. The van der Waals surface area contributed by atoms with E-state index >= 15 is 0 Å². The molecule has 2 heterocycles. The number of para-hydroxylation sites is 1. The van der Waals surface area contributed by atoms with Gasteiger partial charge in [-0.1, -0.05) is 23.7 Å². The smallest absolute Gasteiger partial charge is 0.261 e. The van der Waals surface area contributed by atoms with Gasteiger partial charge in [0.2, 0.25) is 5.91 Å². The summed E-state index contributed by atoms with van der Waals surface area (Å²) in [5, 5.41) is 5.22. The van der Waals surface area contributed by atoms with Gasteiger partial charge in [-0.2, -0.15) is 0 Å². The third kappa shape index (κ3) is 3.77. The van der Waals surface area contributed by atoms with Gasteiger partial charge in [-0.25, -0.2) is 4.98 Å². The van der Waals surface area contributed by atoms with Crippen LogP contribution in [0.1, 0.15) is 12.0 Å². The van der Waals surface area contributed by atoms with Crippen molar-refractivity contribution in [3.8, 4) is 0 Å². The molecule has 0 saturated carbocycles. The van der Waals surface area contributed by atoms with Crippen molar-refractivity contribution in [1.29, 1.82) is 0 Å². The fourth-order valence-corrected chi connectivity index (χ4v) is 3.44. The molecule has 2 aromatic carbocycles. The van der Waals surface area contributed by atoms with Crippen molar-refractivity contribution >= 4 is 39.3 Å². The number of amides is 1. The van der Waals surface area contributed by atoms with Crippen molar-refractivity contribution in [2.45, 2.75) is 19.4 Å². The number of aryl methyl sites for hydroxylation is 1. The standard InChI is InChI=1S/C21H19ClN4O2/c22-15-5-6-19-17(11-15)14(12-24-19)7-9-23-20(27)8-10-26-13-25-18-4-2-1-3-16(18)21(26)28/h1-6,11-13,24H,7-10H2,(H,23,27). The number of halogens is 1. The molecule has 0 aliphatic rings. The predicted molar refractivity (Wildman–Crippen MR) is 111 cm³/mol. The summed E-state index contributed by atoms with van der Waals surface area (Å²) in [5.41, 5.74) is 2.66. The van der Waals surface area contributed by atoms with Crippen LogP contribution >= 0.6 is 11.6 Å². The first kappa shape index (κ1) is 18.3. The van der Waals surface area contributed by atoms with Crippen LogP contribution in [0.5, 0.6) is 0 Å². The normalized spacial score (nSPS) is 11.2. The van der Waals surface area contributed by atoms with Gasteiger partial charge in [-0.3, -0.25) is 14.2 Å². The summed E-state index contributed by atoms with van der Waals surface area (Å²) in [6.07, 6.45) is 4.35. The number of nitrogens with one attached hydrogen (secondary N) is 2. The van der Waals surface area contributed by atoms with Crippen LogP contribution in [0.4, 0.5) is 0 Å². The molecule has 0 aliphatic heterocycles. The van der Waals surface area contributed by atoms with Gasteiger partial charge in [0.25, 0.3) is 5.56 Å². The number of carbonyl (C=O) groups is 1. The number of hydrogen-bond acceptors (Lipinski definition) is 3. The molecule has 0 aliphatic carbocycles. The average molecular weight is 395 g/mol. The molecule has 28 heavy (non-hydrogen) atoms. The fourth-order valence-electron chi connectivity index (χ4n) is 3.27. The van der Waals surface area contributed by atoms with Crippen LogP contribution in [0.3, 0.4) is 0 Å². The Morgan fingerprint density at radius 1 is 1.18 bits per heavy atom. The van der Waals surface area contributed by atoms with E-state index in [9.17, 15) is 9.59 Å². The number of carbonyl (C=O) groups excluding carboxylic acids is 1. The van der Waals surface area contributed by atoms with Gasteiger partial charge >= 0.3 is 0 Å². The average Bonchev–Trinajstić information content (AvgIpc) is 3.10. The molecule has 4 rings (SSSR count). The molecule has 0 saturated heterocycles. The number of fused-ring (bicyclic) bond motifs is 2. The molecule has 0 bridgehead atoms. The van der Waals surface area contributed by atoms with Crippen molar-refractivity contribution in [3.05, 3.63) is 75.9 Å². The highest BCUT2D eigenvalue weighted by molar-refractivity contribution is 6.31. The summed E-state index contributed by atoms with van der Waals surface area (Å²) in [5.74, 6) is -0.0991. The number of aromatic nitrogens is 3. The lowest BCUT2D eigenvalue weighted by Crippen LogP contribution is -2.29. The molecule has 142 valence electrons. The third-order valence-electron chi connectivity index (χ3n) is 4.76. The highest BCUT2D eigenvalue weighted by atomic mass is 35.5. The molecule has 0 radical (unpaired) electrons. The molecule has 6 nitrogen and oxygen atoms in total. The zero-order valence-electron chi connectivity index (χ0n) is 15.1. The summed E-state index contributed by atoms with van der Waals surface area (Å²) < 4.78 is 1.48. The van der Waals surface area contributed by atoms with E-state index < -0.39 is 0 Å². The van der Waals surface area contributed by atoms with Gasteiger partial charge in [-0.15, -0.1) is 0 Å². The highest BCUT2D eigenvalue weighted by Crippen LogP contribution is 2.22. The topological polar surface area (TPSA) is 79.8 Å². The van der Waals surface area contributed by atoms with Crippen molar-refractivity contribution < 1.29 is 4.79 Å². The highest BCUT2D eigenvalue weighted by Gasteiger charge is 2.08. The Morgan fingerprint density at radius 3 is 2.93 bits per heavy atom. The quantitative estimate of drug-likeness (QED) is 0.526. The van der Waals surface area contributed by atoms with E-state index in [0.717, 1.165) is 16.5 Å². The van der Waals surface area contributed by atoms with E-state index in [2.05, 4.69) is 15.3 Å². The molecule has 0 atom stereocenters. The Hall–Kier alpha value is -3.12. The van der Waals surface area contributed by atoms with Gasteiger partial charge in [-0.05, 0) is 42.3 Å². The van der Waals surface area contributed by atoms with Gasteiger partial charge in [0.15, 0.2) is 0 Å². The lowest BCUT2D eigenvalue weighted by molar-refractivity contribution is -0.121. The van der Waals surface area contributed by atoms with Crippen LogP contribution in [-0.4, -0.2) is 27.0 Å². The minimum Gasteiger partial charge on any atom is -0.361 e. The largest absolute Gasteiger partial charge is 0.361 e. The first-order chi connectivity index (χ1) is 13.6. The SMILES string of the molecule is O=C(CCn1cnc2ccccc2c1=O)NCCc1c[nH]c2ccc(Cl)cc12. The first-order valence-electron chi connectivity index (χ1n) is 9.08. The zero-order chi connectivity index (χ0) is 19.5. The minimum absolute atomic E-state index is 0.0991. The Kier molecular flexibility index (Phi) is 5.12. The fraction of sp³-hybridized carbons (Fsp3) is 0.190. The lowest BCUT2D eigenvalue weighted by Gasteiger charge is -2.08. The number of H-pyrrole nitrogens is 1. The van der Waals surface area contributed by atoms with Crippen LogP contribution in [0, 0.1) is 0 Å². The summed E-state index contributed by atoms with van der Waals surface area (Å²) >= 11 is 6.06. The van der Waals surface area contributed by atoms with Gasteiger partial charge in [0.05, 0.1) is 17.2 Å². The number of nitrogens with zero attached hydrogens (tertiary/aromatic N) is 2. The third-order valence-corrected chi connectivity index (χ3v) is 4.99. The molecular weight excluding hydrogens is 376 g/mol. The van der Waals surface area contributed by atoms with Gasteiger partial charge < -0.3 is 10.3 Å². The van der Waals surface area contributed by atoms with Gasteiger partial charge in [0, 0.05) is 41.6 Å². The van der Waals surface area contributed by atoms with Crippen LogP contribution in [0.2, 0.25) is 5.02 Å². The predicted octanol–water partition coefficient (Wildman–Crippen LogP) is 3.28. The zero-order valence-corrected chi connectivity index (χ0v) is 15.9. The monoisotopic (exact) mass is 394 g/mol. The second-order valence-corrected chi connectivity index (χ2v) is 7.05. The molecule has 2 N–H and O–H groups in total. The Labute approximate surface area is 166 Å². The van der Waals surface area contributed by atoms with Crippen LogP contribution in [0.25, 0.3) is 21.8 Å². The number of hydrogen-bond donors (Lipinski definition) is 2. The van der Waals surface area contributed by atoms with E-state index in [1.165, 1.54) is 10.9 Å². The Bertz CT molecular complexity index is 1210. The van der Waals surface area contributed by atoms with E-state index in [-0.39, 0.29) is 17.9 Å². The van der Waals surface area contributed by atoms with E-state index in [1.807, 2.05) is 30.5 Å². The van der Waals surface area contributed by atoms with E-state index in [4.69, 9.17) is 11.6 Å². The number of rotatable bonds is 6. The second kappa shape index (κ2) is 7.86. The molecule has 0 unspecified atom stereocenters. The van der Waals surface area contributed by atoms with Crippen LogP contribution in [0.15, 0.2) is 59.8 Å². The van der Waals surface area contributed by atoms with E-state index in [1.54, 1.807) is 18.2 Å². The maximum absolute atomic E-state index is 12.4. The minimum atomic E-state index is -0.130. The van der Waals surface area contributed by atoms with Crippen molar-refractivity contribution in [2.75, 3.05) is 6.54 Å². The molecule has 0 fully saturated rings. The lowest BCUT2D eigenvalue weighted by atomic mass is 10.1. The van der Waals surface area contributed by atoms with Crippen LogP contribution < -0.4 is 10.9 Å². The Balaban J connectivity index is 1.33. The first-order valence-corrected chi connectivity index (χ1v) is 9.46. The van der Waals surface area contributed by atoms with Crippen molar-refractivity contribution in [2.24, 2.45) is 0 Å². The Morgan fingerprint density at radius 2 is 2.04 bits per heavy atom. The molecule has 0 spiro atoms. The maximum atomic E-state index is 12.4. The molecule has 4 aromatic rings. The van der Waals surface area contributed by atoms with Gasteiger partial charge in [0.1, 0.15) is 0 Å². The van der Waals surface area contributed by atoms with E-state index in [0.29, 0.717) is 35.4 Å². The second-order valence-electron chi connectivity index (χ2n) is 6.61. The number of benzene rings is 2. The maximum Gasteiger partial charge on any atom is 0.261 e. The summed E-state index contributed by atoms with van der Waals surface area (Å²) in [6.45, 7) is 0.814. The molecule has 7 heteroatoms. The summed E-state index contributed by atoms with van der Waals surface area (Å²) in [6, 6.07) is 12.9. The molecule has 1 amide bonds. The molecule has 2 aromatic heterocycles.